The van der Waals surface area contributed by atoms with E-state index in [0.717, 1.165) is 25.2 Å². The van der Waals surface area contributed by atoms with E-state index in [-0.39, 0.29) is 6.29 Å². The molecule has 0 unspecified atom stereocenters. The highest BCUT2D eigenvalue weighted by atomic mass is 16.7. The van der Waals surface area contributed by atoms with E-state index in [1.165, 1.54) is 0 Å². The first-order valence-corrected chi connectivity index (χ1v) is 4.58. The van der Waals surface area contributed by atoms with Gasteiger partial charge >= 0.3 is 0 Å². The van der Waals surface area contributed by atoms with Gasteiger partial charge in [0.15, 0.2) is 6.29 Å². The largest absolute Gasteiger partial charge is 0.352 e. The molecule has 0 saturated carbocycles. The summed E-state index contributed by atoms with van der Waals surface area (Å²) in [5.74, 6) is 0. The average molecular weight is 177 g/mol. The van der Waals surface area contributed by atoms with Crippen molar-refractivity contribution in [1.82, 2.24) is 0 Å². The van der Waals surface area contributed by atoms with Gasteiger partial charge in [0.2, 0.25) is 0 Å². The summed E-state index contributed by atoms with van der Waals surface area (Å²) in [7, 11) is 0. The SMILES string of the molecule is [CH](c1ccccc1)C1OCCCO1. The van der Waals surface area contributed by atoms with Crippen molar-refractivity contribution in [3.63, 3.8) is 0 Å². The van der Waals surface area contributed by atoms with E-state index in [9.17, 15) is 0 Å². The molecule has 69 valence electrons. The molecule has 0 aromatic heterocycles. The molecule has 2 nitrogen and oxygen atoms in total. The third-order valence-electron chi connectivity index (χ3n) is 1.98. The predicted molar refractivity (Wildman–Crippen MR) is 50.2 cm³/mol. The lowest BCUT2D eigenvalue weighted by Gasteiger charge is -2.22. The highest BCUT2D eigenvalue weighted by molar-refractivity contribution is 5.23. The van der Waals surface area contributed by atoms with E-state index in [1.54, 1.807) is 0 Å². The van der Waals surface area contributed by atoms with Gasteiger partial charge in [-0.15, -0.1) is 0 Å². The van der Waals surface area contributed by atoms with E-state index < -0.39 is 0 Å². The van der Waals surface area contributed by atoms with E-state index in [2.05, 4.69) is 0 Å². The van der Waals surface area contributed by atoms with Crippen LogP contribution in [0.5, 0.6) is 0 Å². The molecule has 0 atom stereocenters. The van der Waals surface area contributed by atoms with Crippen LogP contribution in [0, 0.1) is 6.42 Å². The van der Waals surface area contributed by atoms with Crippen LogP contribution in [0.1, 0.15) is 12.0 Å². The highest BCUT2D eigenvalue weighted by Gasteiger charge is 2.14. The first-order chi connectivity index (χ1) is 6.45. The summed E-state index contributed by atoms with van der Waals surface area (Å²) >= 11 is 0. The Morgan fingerprint density at radius 2 is 1.77 bits per heavy atom. The number of rotatable bonds is 2. The van der Waals surface area contributed by atoms with Crippen LogP contribution in [-0.4, -0.2) is 19.5 Å². The Morgan fingerprint density at radius 3 is 2.46 bits per heavy atom. The minimum absolute atomic E-state index is 0.156. The maximum absolute atomic E-state index is 5.40. The molecule has 13 heavy (non-hydrogen) atoms. The predicted octanol–water partition coefficient (Wildman–Crippen LogP) is 2.00. The molecule has 1 heterocycles. The lowest BCUT2D eigenvalue weighted by atomic mass is 10.1. The number of hydrogen-bond acceptors (Lipinski definition) is 2. The Kier molecular flexibility index (Phi) is 2.95. The molecule has 0 N–H and O–H groups in total. The second-order valence-electron chi connectivity index (χ2n) is 3.04. The normalized spacial score (nSPS) is 18.8. The molecule has 1 aromatic carbocycles. The van der Waals surface area contributed by atoms with Gasteiger partial charge in [-0.3, -0.25) is 0 Å². The van der Waals surface area contributed by atoms with Gasteiger partial charge in [0, 0.05) is 6.42 Å². The van der Waals surface area contributed by atoms with Crippen molar-refractivity contribution in [2.45, 2.75) is 12.7 Å². The second-order valence-corrected chi connectivity index (χ2v) is 3.04. The van der Waals surface area contributed by atoms with Gasteiger partial charge in [-0.05, 0) is 12.0 Å². The molecule has 0 spiro atoms. The first kappa shape index (κ1) is 8.73. The van der Waals surface area contributed by atoms with Gasteiger partial charge in [-0.2, -0.15) is 0 Å². The van der Waals surface area contributed by atoms with Crippen molar-refractivity contribution in [3.8, 4) is 0 Å². The van der Waals surface area contributed by atoms with Crippen LogP contribution >= 0.6 is 0 Å². The van der Waals surface area contributed by atoms with Crippen molar-refractivity contribution >= 4 is 0 Å². The Labute approximate surface area is 78.5 Å². The molecule has 1 aliphatic rings. The summed E-state index contributed by atoms with van der Waals surface area (Å²) in [5.41, 5.74) is 1.15. The van der Waals surface area contributed by atoms with Crippen LogP contribution < -0.4 is 0 Å². The standard InChI is InChI=1S/C11H13O2/c1-2-5-10(6-3-1)9-11-12-7-4-8-13-11/h1-3,5-6,9,11H,4,7-8H2. The van der Waals surface area contributed by atoms with Crippen LogP contribution in [0.2, 0.25) is 0 Å². The van der Waals surface area contributed by atoms with Crippen LogP contribution in [0.25, 0.3) is 0 Å². The Balaban J connectivity index is 1.90. The van der Waals surface area contributed by atoms with Crippen molar-refractivity contribution < 1.29 is 9.47 Å². The zero-order valence-corrected chi connectivity index (χ0v) is 7.48. The fourth-order valence-corrected chi connectivity index (χ4v) is 1.32. The average Bonchev–Trinajstić information content (AvgIpc) is 2.21. The third-order valence-corrected chi connectivity index (χ3v) is 1.98. The Morgan fingerprint density at radius 1 is 1.08 bits per heavy atom. The summed E-state index contributed by atoms with van der Waals surface area (Å²) in [6.45, 7) is 1.60. The van der Waals surface area contributed by atoms with Crippen molar-refractivity contribution in [2.24, 2.45) is 0 Å². The third kappa shape index (κ3) is 2.54. The maximum Gasteiger partial charge on any atom is 0.165 e. The van der Waals surface area contributed by atoms with Crippen LogP contribution in [-0.2, 0) is 9.47 Å². The van der Waals surface area contributed by atoms with Crippen molar-refractivity contribution in [2.75, 3.05) is 13.2 Å². The van der Waals surface area contributed by atoms with E-state index in [4.69, 9.17) is 9.47 Å². The highest BCUT2D eigenvalue weighted by Crippen LogP contribution is 2.13. The van der Waals surface area contributed by atoms with E-state index in [1.807, 2.05) is 36.8 Å². The summed E-state index contributed by atoms with van der Waals surface area (Å²) in [5, 5.41) is 0. The maximum atomic E-state index is 5.40. The molecular weight excluding hydrogens is 164 g/mol. The molecule has 0 aliphatic carbocycles. The van der Waals surface area contributed by atoms with Gasteiger partial charge in [-0.1, -0.05) is 30.3 Å². The van der Waals surface area contributed by atoms with Gasteiger partial charge in [0.1, 0.15) is 0 Å². The zero-order chi connectivity index (χ0) is 8.93. The zero-order valence-electron chi connectivity index (χ0n) is 7.48. The van der Waals surface area contributed by atoms with Gasteiger partial charge in [0.05, 0.1) is 13.2 Å². The molecule has 2 heteroatoms. The van der Waals surface area contributed by atoms with E-state index in [0.29, 0.717) is 0 Å². The molecular formula is C11H13O2. The molecule has 1 radical (unpaired) electrons. The smallest absolute Gasteiger partial charge is 0.165 e. The summed E-state index contributed by atoms with van der Waals surface area (Å²) in [6, 6.07) is 10.1. The summed E-state index contributed by atoms with van der Waals surface area (Å²) < 4.78 is 10.8. The minimum atomic E-state index is -0.156. The Bertz CT molecular complexity index is 240. The molecule has 2 rings (SSSR count). The Hall–Kier alpha value is -0.860. The molecule has 0 bridgehead atoms. The number of benzene rings is 1. The quantitative estimate of drug-likeness (QED) is 0.688. The fourth-order valence-electron chi connectivity index (χ4n) is 1.32. The number of hydrogen-bond donors (Lipinski definition) is 0. The molecule has 1 saturated heterocycles. The van der Waals surface area contributed by atoms with Crippen LogP contribution in [0.4, 0.5) is 0 Å². The molecule has 1 aliphatic heterocycles. The molecule has 1 aromatic rings. The summed E-state index contributed by atoms with van der Waals surface area (Å²) in [4.78, 5) is 0. The topological polar surface area (TPSA) is 18.5 Å². The minimum Gasteiger partial charge on any atom is -0.352 e. The second kappa shape index (κ2) is 4.40. The molecule has 0 amide bonds. The number of ether oxygens (including phenoxy) is 2. The van der Waals surface area contributed by atoms with Gasteiger partial charge in [-0.25, -0.2) is 0 Å². The van der Waals surface area contributed by atoms with E-state index >= 15 is 0 Å². The first-order valence-electron chi connectivity index (χ1n) is 4.58. The van der Waals surface area contributed by atoms with Crippen LogP contribution in [0.15, 0.2) is 30.3 Å². The van der Waals surface area contributed by atoms with Crippen molar-refractivity contribution in [3.05, 3.63) is 42.3 Å². The van der Waals surface area contributed by atoms with Gasteiger partial charge < -0.3 is 9.47 Å². The summed E-state index contributed by atoms with van der Waals surface area (Å²) in [6.07, 6.45) is 2.84. The monoisotopic (exact) mass is 177 g/mol. The van der Waals surface area contributed by atoms with Crippen molar-refractivity contribution in [1.29, 1.82) is 0 Å². The fraction of sp³-hybridized carbons (Fsp3) is 0.364. The molecule has 1 fully saturated rings. The van der Waals surface area contributed by atoms with Gasteiger partial charge in [0.25, 0.3) is 0 Å². The van der Waals surface area contributed by atoms with Crippen LogP contribution in [0.3, 0.4) is 0 Å². The lowest BCUT2D eigenvalue weighted by Crippen LogP contribution is -2.25. The lowest BCUT2D eigenvalue weighted by molar-refractivity contribution is -0.157.